The summed E-state index contributed by atoms with van der Waals surface area (Å²) < 4.78 is 69.3. The largest absolute Gasteiger partial charge is 0.483 e. The molecule has 1 fully saturated rings. The molecule has 2 aromatic rings. The Morgan fingerprint density at radius 3 is 2.68 bits per heavy atom. The zero-order valence-corrected chi connectivity index (χ0v) is 16.9. The Balaban J connectivity index is 1.73. The molecule has 0 bridgehead atoms. The number of aryl methyl sites for hydroxylation is 1. The number of ether oxygens (including phenoxy) is 1. The highest BCUT2D eigenvalue weighted by Crippen LogP contribution is 2.38. The molecule has 0 spiro atoms. The number of carbonyl (C=O) groups excluding carboxylic acids is 1. The van der Waals surface area contributed by atoms with Crippen molar-refractivity contribution in [3.63, 3.8) is 0 Å². The Morgan fingerprint density at radius 2 is 2.10 bits per heavy atom. The first-order chi connectivity index (χ1) is 14.4. The number of anilines is 1. The molecule has 1 atom stereocenters. The van der Waals surface area contributed by atoms with Crippen LogP contribution in [0.15, 0.2) is 24.3 Å². The third kappa shape index (κ3) is 5.31. The van der Waals surface area contributed by atoms with Crippen LogP contribution in [0, 0.1) is 17.0 Å². The first kappa shape index (κ1) is 22.5. The monoisotopic (exact) mass is 462 g/mol. The summed E-state index contributed by atoms with van der Waals surface area (Å²) in [5.41, 5.74) is -1.64. The number of nitrogens with zero attached hydrogens (tertiary/aromatic N) is 3. The summed E-state index contributed by atoms with van der Waals surface area (Å²) in [5.74, 6) is -1.50. The first-order valence-corrected chi connectivity index (χ1v) is 10.7. The number of nitro benzene ring substituents is 1. The van der Waals surface area contributed by atoms with E-state index in [1.807, 2.05) is 0 Å². The summed E-state index contributed by atoms with van der Waals surface area (Å²) in [4.78, 5) is 22.0. The number of hydrogen-bond donors (Lipinski definition) is 1. The van der Waals surface area contributed by atoms with Gasteiger partial charge in [0.05, 0.1) is 28.2 Å². The van der Waals surface area contributed by atoms with Gasteiger partial charge in [0.1, 0.15) is 17.1 Å². The fourth-order valence-electron chi connectivity index (χ4n) is 3.16. The fraction of sp³-hybridized carbons (Fsp3) is 0.412. The van der Waals surface area contributed by atoms with E-state index in [9.17, 15) is 36.5 Å². The standard InChI is InChI=1S/C17H17F3N4O6S/c1-10-6-15(23(22-10)12-4-5-31(28,29)9-12)21-16(25)8-30-14-3-2-11(24(26)27)7-13(14)17(18,19)20/h2-3,6-7,12H,4-5,8-9H2,1H3,(H,21,25). The minimum Gasteiger partial charge on any atom is -0.483 e. The Hall–Kier alpha value is -3.16. The highest BCUT2D eigenvalue weighted by atomic mass is 32.2. The van der Waals surface area contributed by atoms with Gasteiger partial charge in [0.25, 0.3) is 11.6 Å². The van der Waals surface area contributed by atoms with Crippen LogP contribution in [0.5, 0.6) is 5.75 Å². The molecule has 1 aliphatic heterocycles. The third-order valence-corrected chi connectivity index (χ3v) is 6.27. The van der Waals surface area contributed by atoms with E-state index < -0.39 is 56.5 Å². The van der Waals surface area contributed by atoms with Gasteiger partial charge in [-0.2, -0.15) is 18.3 Å². The van der Waals surface area contributed by atoms with E-state index in [4.69, 9.17) is 4.74 Å². The molecule has 14 heteroatoms. The number of nitrogens with one attached hydrogen (secondary N) is 1. The van der Waals surface area contributed by atoms with E-state index in [2.05, 4.69) is 10.4 Å². The Morgan fingerprint density at radius 1 is 1.39 bits per heavy atom. The lowest BCUT2D eigenvalue weighted by molar-refractivity contribution is -0.385. The van der Waals surface area contributed by atoms with Crippen LogP contribution < -0.4 is 10.1 Å². The number of sulfone groups is 1. The lowest BCUT2D eigenvalue weighted by Crippen LogP contribution is -2.24. The molecule has 0 radical (unpaired) electrons. The first-order valence-electron chi connectivity index (χ1n) is 8.90. The normalized spacial score (nSPS) is 18.0. The molecule has 1 unspecified atom stereocenters. The number of halogens is 3. The van der Waals surface area contributed by atoms with Crippen LogP contribution in [0.1, 0.15) is 23.7 Å². The Bertz CT molecular complexity index is 1130. The van der Waals surface area contributed by atoms with E-state index in [1.54, 1.807) is 6.92 Å². The summed E-state index contributed by atoms with van der Waals surface area (Å²) in [5, 5.41) is 17.4. The number of alkyl halides is 3. The molecule has 168 valence electrons. The number of aromatic nitrogens is 2. The van der Waals surface area contributed by atoms with Crippen molar-refractivity contribution in [3.05, 3.63) is 45.6 Å². The van der Waals surface area contributed by atoms with Crippen LogP contribution in [-0.4, -0.2) is 47.1 Å². The van der Waals surface area contributed by atoms with Gasteiger partial charge in [-0.3, -0.25) is 14.9 Å². The third-order valence-electron chi connectivity index (χ3n) is 4.52. The average molecular weight is 462 g/mol. The van der Waals surface area contributed by atoms with Crippen LogP contribution in [0.4, 0.5) is 24.7 Å². The Kier molecular flexibility index (Phi) is 5.93. The van der Waals surface area contributed by atoms with Gasteiger partial charge >= 0.3 is 6.18 Å². The Labute approximate surface area is 174 Å². The van der Waals surface area contributed by atoms with Crippen LogP contribution in [0.2, 0.25) is 0 Å². The summed E-state index contributed by atoms with van der Waals surface area (Å²) in [6.45, 7) is 0.826. The molecular weight excluding hydrogens is 445 g/mol. The van der Waals surface area contributed by atoms with E-state index in [0.29, 0.717) is 18.2 Å². The van der Waals surface area contributed by atoms with Crippen molar-refractivity contribution >= 4 is 27.2 Å². The topological polar surface area (TPSA) is 133 Å². The molecule has 1 aromatic heterocycles. The minimum atomic E-state index is -4.93. The molecule has 0 saturated carbocycles. The van der Waals surface area contributed by atoms with Crippen LogP contribution >= 0.6 is 0 Å². The predicted octanol–water partition coefficient (Wildman–Crippen LogP) is 2.50. The number of carbonyl (C=O) groups is 1. The summed E-state index contributed by atoms with van der Waals surface area (Å²) in [7, 11) is -3.21. The van der Waals surface area contributed by atoms with Gasteiger partial charge in [-0.15, -0.1) is 0 Å². The van der Waals surface area contributed by atoms with Crippen molar-refractivity contribution in [2.24, 2.45) is 0 Å². The number of rotatable bonds is 6. The van der Waals surface area contributed by atoms with Crippen molar-refractivity contribution in [3.8, 4) is 5.75 Å². The van der Waals surface area contributed by atoms with Gasteiger partial charge in [0.2, 0.25) is 0 Å². The van der Waals surface area contributed by atoms with E-state index >= 15 is 0 Å². The van der Waals surface area contributed by atoms with E-state index in [0.717, 1.165) is 12.1 Å². The highest BCUT2D eigenvalue weighted by Gasteiger charge is 2.36. The summed E-state index contributed by atoms with van der Waals surface area (Å²) in [6.07, 6.45) is -4.61. The quantitative estimate of drug-likeness (QED) is 0.515. The molecule has 10 nitrogen and oxygen atoms in total. The molecular formula is C17H17F3N4O6S. The highest BCUT2D eigenvalue weighted by molar-refractivity contribution is 7.91. The van der Waals surface area contributed by atoms with Crippen LogP contribution in [0.25, 0.3) is 0 Å². The van der Waals surface area contributed by atoms with Crippen LogP contribution in [-0.2, 0) is 20.8 Å². The molecule has 31 heavy (non-hydrogen) atoms. The van der Waals surface area contributed by atoms with Gasteiger partial charge in [-0.05, 0) is 19.4 Å². The second-order valence-corrected chi connectivity index (χ2v) is 9.17. The van der Waals surface area contributed by atoms with Gasteiger partial charge < -0.3 is 10.1 Å². The number of hydrogen-bond acceptors (Lipinski definition) is 7. The molecule has 3 rings (SSSR count). The smallest absolute Gasteiger partial charge is 0.420 e. The van der Waals surface area contributed by atoms with Gasteiger partial charge in [0.15, 0.2) is 16.4 Å². The van der Waals surface area contributed by atoms with Crippen molar-refractivity contribution in [2.75, 3.05) is 23.4 Å². The predicted molar refractivity (Wildman–Crippen MR) is 101 cm³/mol. The molecule has 2 heterocycles. The molecule has 1 amide bonds. The number of non-ortho nitro benzene ring substituents is 1. The second kappa shape index (κ2) is 8.17. The summed E-state index contributed by atoms with van der Waals surface area (Å²) in [6, 6.07) is 2.96. The average Bonchev–Trinajstić information content (AvgIpc) is 3.20. The summed E-state index contributed by atoms with van der Waals surface area (Å²) >= 11 is 0. The number of amides is 1. The maximum atomic E-state index is 13.2. The lowest BCUT2D eigenvalue weighted by Gasteiger charge is -2.15. The lowest BCUT2D eigenvalue weighted by atomic mass is 10.1. The maximum absolute atomic E-state index is 13.2. The maximum Gasteiger partial charge on any atom is 0.420 e. The zero-order chi connectivity index (χ0) is 23.0. The van der Waals surface area contributed by atoms with Crippen molar-refractivity contribution < 1.29 is 36.0 Å². The molecule has 1 saturated heterocycles. The van der Waals surface area contributed by atoms with Crippen molar-refractivity contribution in [2.45, 2.75) is 25.6 Å². The zero-order valence-electron chi connectivity index (χ0n) is 16.0. The van der Waals surface area contributed by atoms with Crippen molar-refractivity contribution in [1.29, 1.82) is 0 Å². The van der Waals surface area contributed by atoms with Gasteiger partial charge in [0, 0.05) is 18.2 Å². The minimum absolute atomic E-state index is 0.00651. The molecule has 1 aromatic carbocycles. The second-order valence-electron chi connectivity index (χ2n) is 6.94. The van der Waals surface area contributed by atoms with Gasteiger partial charge in [-0.25, -0.2) is 13.1 Å². The molecule has 1 aliphatic rings. The van der Waals surface area contributed by atoms with Crippen molar-refractivity contribution in [1.82, 2.24) is 9.78 Å². The molecule has 0 aliphatic carbocycles. The molecule has 1 N–H and O–H groups in total. The number of nitro groups is 1. The van der Waals surface area contributed by atoms with E-state index in [1.165, 1.54) is 10.7 Å². The van der Waals surface area contributed by atoms with Crippen LogP contribution in [0.3, 0.4) is 0 Å². The number of benzene rings is 1. The fourth-order valence-corrected chi connectivity index (χ4v) is 4.85. The van der Waals surface area contributed by atoms with Gasteiger partial charge in [-0.1, -0.05) is 0 Å². The van der Waals surface area contributed by atoms with E-state index in [-0.39, 0.29) is 17.3 Å². The SMILES string of the molecule is Cc1cc(NC(=O)COc2ccc([N+](=O)[O-])cc2C(F)(F)F)n(C2CCS(=O)(=O)C2)n1.